The molecule has 18 heavy (non-hydrogen) atoms. The van der Waals surface area contributed by atoms with Gasteiger partial charge in [0.1, 0.15) is 5.01 Å². The molecule has 0 aromatic carbocycles. The van der Waals surface area contributed by atoms with E-state index in [2.05, 4.69) is 9.97 Å². The lowest BCUT2D eigenvalue weighted by Crippen LogP contribution is -2.05. The number of aromatic nitrogens is 2. The standard InChI is InChI=1S/C13H14N2O2S/c1-2-17-12(16)4-3-11-9-18-13(15-11)10-5-7-14-8-6-10/h5-9H,2-4H2,1H3. The molecule has 2 heterocycles. The molecule has 0 radical (unpaired) electrons. The third-order valence-electron chi connectivity index (χ3n) is 2.37. The molecule has 4 nitrogen and oxygen atoms in total. The summed E-state index contributed by atoms with van der Waals surface area (Å²) in [4.78, 5) is 19.7. The lowest BCUT2D eigenvalue weighted by atomic mass is 10.2. The van der Waals surface area contributed by atoms with Crippen molar-refractivity contribution in [1.29, 1.82) is 0 Å². The Labute approximate surface area is 110 Å². The van der Waals surface area contributed by atoms with Gasteiger partial charge in [0.05, 0.1) is 18.7 Å². The first-order chi connectivity index (χ1) is 8.79. The van der Waals surface area contributed by atoms with E-state index >= 15 is 0 Å². The number of hydrogen-bond acceptors (Lipinski definition) is 5. The van der Waals surface area contributed by atoms with Gasteiger partial charge in [-0.3, -0.25) is 9.78 Å². The van der Waals surface area contributed by atoms with E-state index in [-0.39, 0.29) is 5.97 Å². The van der Waals surface area contributed by atoms with Crippen LogP contribution in [0.2, 0.25) is 0 Å². The maximum Gasteiger partial charge on any atom is 0.306 e. The molecule has 2 rings (SSSR count). The number of hydrogen-bond donors (Lipinski definition) is 0. The number of pyridine rings is 1. The van der Waals surface area contributed by atoms with E-state index < -0.39 is 0 Å². The number of rotatable bonds is 5. The minimum Gasteiger partial charge on any atom is -0.466 e. The Bertz CT molecular complexity index is 511. The summed E-state index contributed by atoms with van der Waals surface area (Å²) in [6, 6.07) is 3.85. The van der Waals surface area contributed by atoms with Crippen molar-refractivity contribution in [3.63, 3.8) is 0 Å². The molecule has 2 aromatic heterocycles. The van der Waals surface area contributed by atoms with Crippen LogP contribution in [0.15, 0.2) is 29.9 Å². The third kappa shape index (κ3) is 3.37. The Morgan fingerprint density at radius 3 is 2.89 bits per heavy atom. The van der Waals surface area contributed by atoms with Crippen molar-refractivity contribution >= 4 is 17.3 Å². The van der Waals surface area contributed by atoms with Crippen molar-refractivity contribution in [2.24, 2.45) is 0 Å². The molecule has 94 valence electrons. The molecule has 5 heteroatoms. The summed E-state index contributed by atoms with van der Waals surface area (Å²) < 4.78 is 4.88. The average Bonchev–Trinajstić information content (AvgIpc) is 2.87. The van der Waals surface area contributed by atoms with E-state index in [4.69, 9.17) is 4.74 Å². The minimum atomic E-state index is -0.170. The maximum atomic E-state index is 11.2. The fraction of sp³-hybridized carbons (Fsp3) is 0.308. The van der Waals surface area contributed by atoms with Crippen molar-refractivity contribution in [3.8, 4) is 10.6 Å². The van der Waals surface area contributed by atoms with Crippen LogP contribution in [0.1, 0.15) is 19.0 Å². The summed E-state index contributed by atoms with van der Waals surface area (Å²) in [5, 5.41) is 2.94. The average molecular weight is 262 g/mol. The summed E-state index contributed by atoms with van der Waals surface area (Å²) in [6.07, 6.45) is 4.50. The van der Waals surface area contributed by atoms with Gasteiger partial charge in [0.15, 0.2) is 0 Å². The predicted molar refractivity (Wildman–Crippen MR) is 70.3 cm³/mol. The molecule has 0 aliphatic rings. The highest BCUT2D eigenvalue weighted by Gasteiger charge is 2.07. The smallest absolute Gasteiger partial charge is 0.306 e. The molecule has 0 aliphatic carbocycles. The zero-order valence-corrected chi connectivity index (χ0v) is 10.9. The highest BCUT2D eigenvalue weighted by atomic mass is 32.1. The van der Waals surface area contributed by atoms with Gasteiger partial charge in [-0.2, -0.15) is 0 Å². The molecule has 0 fully saturated rings. The lowest BCUT2D eigenvalue weighted by molar-refractivity contribution is -0.143. The van der Waals surface area contributed by atoms with Crippen LogP contribution in [-0.4, -0.2) is 22.5 Å². The van der Waals surface area contributed by atoms with Gasteiger partial charge in [-0.25, -0.2) is 4.98 Å². The molecule has 0 spiro atoms. The van der Waals surface area contributed by atoms with Crippen molar-refractivity contribution in [2.45, 2.75) is 19.8 Å². The largest absolute Gasteiger partial charge is 0.466 e. The van der Waals surface area contributed by atoms with Crippen LogP contribution in [0.5, 0.6) is 0 Å². The molecule has 0 bridgehead atoms. The van der Waals surface area contributed by atoms with Gasteiger partial charge in [0, 0.05) is 29.8 Å². The number of carbonyl (C=O) groups is 1. The summed E-state index contributed by atoms with van der Waals surface area (Å²) in [5.74, 6) is -0.170. The summed E-state index contributed by atoms with van der Waals surface area (Å²) in [7, 11) is 0. The van der Waals surface area contributed by atoms with Crippen molar-refractivity contribution in [3.05, 3.63) is 35.6 Å². The lowest BCUT2D eigenvalue weighted by Gasteiger charge is -1.99. The van der Waals surface area contributed by atoms with Crippen LogP contribution < -0.4 is 0 Å². The Kier molecular flexibility index (Phi) is 4.41. The molecule has 0 saturated carbocycles. The highest BCUT2D eigenvalue weighted by Crippen LogP contribution is 2.23. The van der Waals surface area contributed by atoms with Gasteiger partial charge in [-0.05, 0) is 19.1 Å². The fourth-order valence-corrected chi connectivity index (χ4v) is 2.37. The summed E-state index contributed by atoms with van der Waals surface area (Å²) >= 11 is 1.58. The van der Waals surface area contributed by atoms with Crippen molar-refractivity contribution in [2.75, 3.05) is 6.61 Å². The second-order valence-corrected chi connectivity index (χ2v) is 4.54. The van der Waals surface area contributed by atoms with Crippen LogP contribution in [-0.2, 0) is 16.0 Å². The topological polar surface area (TPSA) is 52.1 Å². The van der Waals surface area contributed by atoms with Crippen molar-refractivity contribution < 1.29 is 9.53 Å². The molecule has 0 aliphatic heterocycles. The van der Waals surface area contributed by atoms with Crippen LogP contribution in [0.3, 0.4) is 0 Å². The number of esters is 1. The van der Waals surface area contributed by atoms with E-state index in [0.717, 1.165) is 16.3 Å². The van der Waals surface area contributed by atoms with Gasteiger partial charge in [-0.15, -0.1) is 11.3 Å². The van der Waals surface area contributed by atoms with Crippen LogP contribution in [0.25, 0.3) is 10.6 Å². The zero-order chi connectivity index (χ0) is 12.8. The van der Waals surface area contributed by atoms with Gasteiger partial charge >= 0.3 is 5.97 Å². The van der Waals surface area contributed by atoms with Gasteiger partial charge in [0.25, 0.3) is 0 Å². The summed E-state index contributed by atoms with van der Waals surface area (Å²) in [6.45, 7) is 2.24. The number of aryl methyl sites for hydroxylation is 1. The first-order valence-corrected chi connectivity index (χ1v) is 6.68. The monoisotopic (exact) mass is 262 g/mol. The van der Waals surface area contributed by atoms with Crippen LogP contribution in [0.4, 0.5) is 0 Å². The van der Waals surface area contributed by atoms with Crippen LogP contribution in [0, 0.1) is 0 Å². The van der Waals surface area contributed by atoms with E-state index in [9.17, 15) is 4.79 Å². The molecule has 0 unspecified atom stereocenters. The molecule has 0 saturated heterocycles. The van der Waals surface area contributed by atoms with E-state index in [1.807, 2.05) is 24.4 Å². The second kappa shape index (κ2) is 6.26. The van der Waals surface area contributed by atoms with Gasteiger partial charge in [0.2, 0.25) is 0 Å². The summed E-state index contributed by atoms with van der Waals surface area (Å²) in [5.41, 5.74) is 1.98. The number of carbonyl (C=O) groups excluding carboxylic acids is 1. The normalized spacial score (nSPS) is 10.3. The second-order valence-electron chi connectivity index (χ2n) is 3.68. The molecule has 0 amide bonds. The quantitative estimate of drug-likeness (QED) is 0.777. The van der Waals surface area contributed by atoms with Gasteiger partial charge in [-0.1, -0.05) is 0 Å². The molecule has 2 aromatic rings. The Morgan fingerprint density at radius 1 is 1.39 bits per heavy atom. The predicted octanol–water partition coefficient (Wildman–Crippen LogP) is 2.70. The highest BCUT2D eigenvalue weighted by molar-refractivity contribution is 7.13. The zero-order valence-electron chi connectivity index (χ0n) is 10.1. The Balaban J connectivity index is 1.97. The molecular weight excluding hydrogens is 248 g/mol. The van der Waals surface area contributed by atoms with Crippen molar-refractivity contribution in [1.82, 2.24) is 9.97 Å². The van der Waals surface area contributed by atoms with E-state index in [1.165, 1.54) is 0 Å². The first kappa shape index (κ1) is 12.7. The SMILES string of the molecule is CCOC(=O)CCc1csc(-c2ccncc2)n1. The molecular formula is C13H14N2O2S. The first-order valence-electron chi connectivity index (χ1n) is 5.80. The Morgan fingerprint density at radius 2 is 2.17 bits per heavy atom. The van der Waals surface area contributed by atoms with E-state index in [1.54, 1.807) is 23.7 Å². The molecule has 0 N–H and O–H groups in total. The maximum absolute atomic E-state index is 11.2. The molecule has 0 atom stereocenters. The van der Waals surface area contributed by atoms with Crippen LogP contribution >= 0.6 is 11.3 Å². The van der Waals surface area contributed by atoms with E-state index in [0.29, 0.717) is 19.4 Å². The minimum absolute atomic E-state index is 0.170. The third-order valence-corrected chi connectivity index (χ3v) is 3.31. The van der Waals surface area contributed by atoms with Gasteiger partial charge < -0.3 is 4.74 Å². The number of thiazole rings is 1. The fourth-order valence-electron chi connectivity index (χ4n) is 1.51. The number of ether oxygens (including phenoxy) is 1. The Hall–Kier alpha value is -1.75. The number of nitrogens with zero attached hydrogens (tertiary/aromatic N) is 2.